The van der Waals surface area contributed by atoms with Crippen LogP contribution in [0.2, 0.25) is 0 Å². The van der Waals surface area contributed by atoms with E-state index < -0.39 is 0 Å². The molecule has 4 nitrogen and oxygen atoms in total. The first-order chi connectivity index (χ1) is 9.93. The van der Waals surface area contributed by atoms with Crippen LogP contribution in [-0.4, -0.2) is 9.78 Å². The van der Waals surface area contributed by atoms with Gasteiger partial charge in [0.25, 0.3) is 0 Å². The number of anilines is 3. The number of aromatic nitrogens is 2. The number of aryl methyl sites for hydroxylation is 3. The van der Waals surface area contributed by atoms with Gasteiger partial charge in [0.1, 0.15) is 5.82 Å². The van der Waals surface area contributed by atoms with E-state index in [0.717, 1.165) is 39.6 Å². The van der Waals surface area contributed by atoms with Crippen LogP contribution in [0.1, 0.15) is 23.7 Å². The predicted molar refractivity (Wildman–Crippen MR) is 90.7 cm³/mol. The first-order valence-electron chi connectivity index (χ1n) is 6.90. The Hall–Kier alpha value is -2.49. The van der Waals surface area contributed by atoms with E-state index in [0.29, 0.717) is 0 Å². The number of rotatable bonds is 4. The Labute approximate surface area is 126 Å². The molecule has 0 saturated carbocycles. The third kappa shape index (κ3) is 2.99. The molecule has 21 heavy (non-hydrogen) atoms. The molecule has 0 atom stereocenters. The van der Waals surface area contributed by atoms with Crippen molar-refractivity contribution in [3.05, 3.63) is 53.8 Å². The Morgan fingerprint density at radius 3 is 2.71 bits per heavy atom. The van der Waals surface area contributed by atoms with Crippen LogP contribution in [0, 0.1) is 13.8 Å². The third-order valence-corrected chi connectivity index (χ3v) is 3.44. The van der Waals surface area contributed by atoms with Crippen LogP contribution in [0.4, 0.5) is 17.2 Å². The molecule has 1 aromatic carbocycles. The highest BCUT2D eigenvalue weighted by Gasteiger charge is 2.15. The van der Waals surface area contributed by atoms with Crippen LogP contribution in [0.15, 0.2) is 36.9 Å². The molecule has 0 aliphatic carbocycles. The highest BCUT2D eigenvalue weighted by Crippen LogP contribution is 2.31. The molecule has 0 saturated heterocycles. The Bertz CT molecular complexity index is 708. The van der Waals surface area contributed by atoms with E-state index in [1.165, 1.54) is 0 Å². The average Bonchev–Trinajstić information content (AvgIpc) is 2.67. The highest BCUT2D eigenvalue weighted by atomic mass is 15.3. The number of nitrogens with one attached hydrogen (secondary N) is 1. The molecule has 4 heteroatoms. The molecule has 1 aromatic heterocycles. The topological polar surface area (TPSA) is 55.9 Å². The van der Waals surface area contributed by atoms with E-state index in [9.17, 15) is 0 Å². The summed E-state index contributed by atoms with van der Waals surface area (Å²) in [4.78, 5) is 0. The predicted octanol–water partition coefficient (Wildman–Crippen LogP) is 3.95. The zero-order chi connectivity index (χ0) is 15.6. The molecule has 0 spiro atoms. The Kier molecular flexibility index (Phi) is 4.17. The van der Waals surface area contributed by atoms with Crippen molar-refractivity contribution in [2.45, 2.75) is 20.8 Å². The molecule has 1 heterocycles. The number of nitrogens with zero attached hydrogens (tertiary/aromatic N) is 2. The van der Waals surface area contributed by atoms with E-state index in [2.05, 4.69) is 23.9 Å². The van der Waals surface area contributed by atoms with Crippen molar-refractivity contribution in [1.29, 1.82) is 0 Å². The summed E-state index contributed by atoms with van der Waals surface area (Å²) in [5.41, 5.74) is 12.0. The van der Waals surface area contributed by atoms with Crippen molar-refractivity contribution in [1.82, 2.24) is 9.78 Å². The fourth-order valence-corrected chi connectivity index (χ4v) is 2.46. The number of hydrogen-bond acceptors (Lipinski definition) is 3. The van der Waals surface area contributed by atoms with Crippen LogP contribution in [0.5, 0.6) is 0 Å². The summed E-state index contributed by atoms with van der Waals surface area (Å²) in [7, 11) is 1.92. The van der Waals surface area contributed by atoms with E-state index >= 15 is 0 Å². The largest absolute Gasteiger partial charge is 0.397 e. The average molecular weight is 282 g/mol. The van der Waals surface area contributed by atoms with Crippen molar-refractivity contribution in [3.8, 4) is 0 Å². The summed E-state index contributed by atoms with van der Waals surface area (Å²) >= 11 is 0. The van der Waals surface area contributed by atoms with Crippen LogP contribution in [0.3, 0.4) is 0 Å². The third-order valence-electron chi connectivity index (χ3n) is 3.44. The normalized spacial score (nSPS) is 11.5. The Morgan fingerprint density at radius 1 is 1.38 bits per heavy atom. The monoisotopic (exact) mass is 282 g/mol. The van der Waals surface area contributed by atoms with Gasteiger partial charge in [0, 0.05) is 12.6 Å². The molecule has 0 unspecified atom stereocenters. The second kappa shape index (κ2) is 5.87. The van der Waals surface area contributed by atoms with Crippen LogP contribution in [-0.2, 0) is 7.05 Å². The smallest absolute Gasteiger partial charge is 0.136 e. The van der Waals surface area contributed by atoms with Crippen molar-refractivity contribution in [2.75, 3.05) is 11.1 Å². The zero-order valence-corrected chi connectivity index (χ0v) is 13.1. The fraction of sp³-hybridized carbons (Fsp3) is 0.235. The molecule has 0 radical (unpaired) electrons. The van der Waals surface area contributed by atoms with Gasteiger partial charge in [0.05, 0.1) is 17.1 Å². The van der Waals surface area contributed by atoms with E-state index in [1.807, 2.05) is 49.9 Å². The molecule has 0 fully saturated rings. The van der Waals surface area contributed by atoms with E-state index in [1.54, 1.807) is 6.08 Å². The number of allylic oxidation sites excluding steroid dienone is 3. The van der Waals surface area contributed by atoms with Crippen molar-refractivity contribution >= 4 is 22.8 Å². The van der Waals surface area contributed by atoms with Crippen LogP contribution < -0.4 is 11.1 Å². The minimum absolute atomic E-state index is 0.727. The van der Waals surface area contributed by atoms with Crippen LogP contribution >= 0.6 is 0 Å². The van der Waals surface area contributed by atoms with Crippen molar-refractivity contribution in [3.63, 3.8) is 0 Å². The first kappa shape index (κ1) is 14.9. The van der Waals surface area contributed by atoms with E-state index in [-0.39, 0.29) is 0 Å². The van der Waals surface area contributed by atoms with Crippen molar-refractivity contribution < 1.29 is 0 Å². The first-order valence-corrected chi connectivity index (χ1v) is 6.90. The van der Waals surface area contributed by atoms with Gasteiger partial charge >= 0.3 is 0 Å². The molecule has 0 amide bonds. The second-order valence-electron chi connectivity index (χ2n) is 5.23. The molecule has 0 aliphatic heterocycles. The molecule has 2 rings (SSSR count). The molecule has 0 bridgehead atoms. The van der Waals surface area contributed by atoms with E-state index in [4.69, 9.17) is 5.73 Å². The zero-order valence-electron chi connectivity index (χ0n) is 13.1. The van der Waals surface area contributed by atoms with Gasteiger partial charge in [-0.2, -0.15) is 5.10 Å². The molecule has 3 N–H and O–H groups in total. The maximum absolute atomic E-state index is 6.09. The van der Waals surface area contributed by atoms with Gasteiger partial charge in [0.2, 0.25) is 0 Å². The standard InChI is InChI=1S/C17H22N4/c1-6-7-12(3)16-13(4)20-21(5)17(16)19-15-9-8-11(2)10-14(15)18/h6-10,19H,1,18H2,2-5H3/b12-7+. The minimum atomic E-state index is 0.727. The molecular weight excluding hydrogens is 260 g/mol. The maximum atomic E-state index is 6.09. The minimum Gasteiger partial charge on any atom is -0.397 e. The van der Waals surface area contributed by atoms with Gasteiger partial charge in [-0.1, -0.05) is 24.8 Å². The second-order valence-corrected chi connectivity index (χ2v) is 5.23. The van der Waals surface area contributed by atoms with Crippen molar-refractivity contribution in [2.24, 2.45) is 7.05 Å². The lowest BCUT2D eigenvalue weighted by atomic mass is 10.1. The summed E-state index contributed by atoms with van der Waals surface area (Å²) in [6.45, 7) is 9.83. The highest BCUT2D eigenvalue weighted by molar-refractivity contribution is 5.81. The summed E-state index contributed by atoms with van der Waals surface area (Å²) < 4.78 is 1.84. The molecule has 0 aliphatic rings. The van der Waals surface area contributed by atoms with Gasteiger partial charge in [-0.25, -0.2) is 0 Å². The number of nitrogen functional groups attached to an aromatic ring is 1. The summed E-state index contributed by atoms with van der Waals surface area (Å²) in [5.74, 6) is 0.929. The summed E-state index contributed by atoms with van der Waals surface area (Å²) in [5, 5.41) is 7.89. The number of hydrogen-bond donors (Lipinski definition) is 2. The quantitative estimate of drug-likeness (QED) is 0.659. The number of nitrogens with two attached hydrogens (primary N) is 1. The van der Waals surface area contributed by atoms with Gasteiger partial charge < -0.3 is 11.1 Å². The number of benzene rings is 1. The van der Waals surface area contributed by atoms with Gasteiger partial charge in [-0.3, -0.25) is 4.68 Å². The Balaban J connectivity index is 2.49. The molecule has 110 valence electrons. The lowest BCUT2D eigenvalue weighted by Gasteiger charge is -2.12. The molecular formula is C17H22N4. The fourth-order valence-electron chi connectivity index (χ4n) is 2.46. The lowest BCUT2D eigenvalue weighted by Crippen LogP contribution is -2.03. The van der Waals surface area contributed by atoms with Crippen LogP contribution in [0.25, 0.3) is 5.57 Å². The van der Waals surface area contributed by atoms with Gasteiger partial charge in [0.15, 0.2) is 0 Å². The van der Waals surface area contributed by atoms with Gasteiger partial charge in [-0.05, 0) is 44.0 Å². The van der Waals surface area contributed by atoms with Gasteiger partial charge in [-0.15, -0.1) is 0 Å². The summed E-state index contributed by atoms with van der Waals surface area (Å²) in [6, 6.07) is 5.98. The maximum Gasteiger partial charge on any atom is 0.136 e. The summed E-state index contributed by atoms with van der Waals surface area (Å²) in [6.07, 6.45) is 3.76. The molecule has 2 aromatic rings. The SMILES string of the molecule is C=C/C=C(\C)c1c(C)nn(C)c1Nc1ccc(C)cc1N. The lowest BCUT2D eigenvalue weighted by molar-refractivity contribution is 0.765. The Morgan fingerprint density at radius 2 is 2.10 bits per heavy atom.